The molecule has 1 aliphatic heterocycles. The highest BCUT2D eigenvalue weighted by Crippen LogP contribution is 2.66. The standard InChI is InChI=1S/C23H32N2O/c1-24-7-9-25(10-8-24)21(26)16-22-12-18-11-19(13-22)15-23(14-18,17-22)20-5-3-2-4-6-20/h2-6,18-19H,7-17H2,1H3/p+1/t18-,19+,22?,23?. The summed E-state index contributed by atoms with van der Waals surface area (Å²) < 4.78 is 0. The van der Waals surface area contributed by atoms with E-state index in [1.165, 1.54) is 38.5 Å². The van der Waals surface area contributed by atoms with Gasteiger partial charge in [-0.1, -0.05) is 30.3 Å². The van der Waals surface area contributed by atoms with Crippen LogP contribution in [0.1, 0.15) is 50.5 Å². The number of likely N-dealkylation sites (N-methyl/N-ethyl adjacent to an activating group) is 1. The fourth-order valence-electron chi connectivity index (χ4n) is 7.36. The maximum atomic E-state index is 13.1. The number of benzene rings is 1. The second-order valence-electron chi connectivity index (χ2n) is 10.1. The lowest BCUT2D eigenvalue weighted by Gasteiger charge is -2.62. The molecule has 1 aromatic carbocycles. The zero-order valence-electron chi connectivity index (χ0n) is 16.2. The molecule has 5 fully saturated rings. The van der Waals surface area contributed by atoms with Crippen LogP contribution in [0.25, 0.3) is 0 Å². The Kier molecular flexibility index (Phi) is 3.93. The third kappa shape index (κ3) is 2.79. The van der Waals surface area contributed by atoms with E-state index >= 15 is 0 Å². The third-order valence-electron chi connectivity index (χ3n) is 8.06. The summed E-state index contributed by atoms with van der Waals surface area (Å²) in [4.78, 5) is 16.9. The predicted octanol–water partition coefficient (Wildman–Crippen LogP) is 2.27. The molecule has 0 spiro atoms. The van der Waals surface area contributed by atoms with Gasteiger partial charge in [0, 0.05) is 6.42 Å². The molecule has 4 bridgehead atoms. The smallest absolute Gasteiger partial charge is 0.223 e. The van der Waals surface area contributed by atoms with Gasteiger partial charge in [0.2, 0.25) is 5.91 Å². The first kappa shape index (κ1) is 16.8. The quantitative estimate of drug-likeness (QED) is 0.886. The van der Waals surface area contributed by atoms with Crippen LogP contribution in [0.5, 0.6) is 0 Å². The molecule has 1 amide bonds. The summed E-state index contributed by atoms with van der Waals surface area (Å²) in [5.41, 5.74) is 2.19. The molecule has 2 unspecified atom stereocenters. The Hall–Kier alpha value is -1.35. The molecule has 1 N–H and O–H groups in total. The van der Waals surface area contributed by atoms with E-state index in [1.807, 2.05) is 0 Å². The van der Waals surface area contributed by atoms with Gasteiger partial charge in [-0.25, -0.2) is 0 Å². The molecule has 0 aromatic heterocycles. The molecule has 5 aliphatic rings. The highest BCUT2D eigenvalue weighted by molar-refractivity contribution is 5.77. The van der Waals surface area contributed by atoms with E-state index in [9.17, 15) is 4.79 Å². The Balaban J connectivity index is 1.38. The molecule has 3 nitrogen and oxygen atoms in total. The molecule has 4 aliphatic carbocycles. The van der Waals surface area contributed by atoms with Crippen molar-refractivity contribution in [3.8, 4) is 0 Å². The number of quaternary nitrogens is 1. The number of hydrogen-bond donors (Lipinski definition) is 1. The fourth-order valence-corrected chi connectivity index (χ4v) is 7.36. The minimum absolute atomic E-state index is 0.285. The van der Waals surface area contributed by atoms with E-state index in [0.29, 0.717) is 11.3 Å². The molecule has 4 saturated carbocycles. The summed E-state index contributed by atoms with van der Waals surface area (Å²) in [7, 11) is 2.24. The van der Waals surface area contributed by atoms with E-state index < -0.39 is 0 Å². The van der Waals surface area contributed by atoms with E-state index in [1.54, 1.807) is 10.5 Å². The lowest BCUT2D eigenvalue weighted by Crippen LogP contribution is -3.12. The molecule has 4 atom stereocenters. The number of hydrogen-bond acceptors (Lipinski definition) is 1. The van der Waals surface area contributed by atoms with Crippen molar-refractivity contribution in [3.05, 3.63) is 35.9 Å². The van der Waals surface area contributed by atoms with Crippen molar-refractivity contribution in [2.45, 2.75) is 50.4 Å². The summed E-state index contributed by atoms with van der Waals surface area (Å²) >= 11 is 0. The first-order valence-corrected chi connectivity index (χ1v) is 10.7. The van der Waals surface area contributed by atoms with Crippen LogP contribution in [0.3, 0.4) is 0 Å². The Morgan fingerprint density at radius 1 is 1.08 bits per heavy atom. The minimum Gasteiger partial charge on any atom is -0.334 e. The van der Waals surface area contributed by atoms with Gasteiger partial charge < -0.3 is 9.80 Å². The molecule has 3 heteroatoms. The molecular formula is C23H33N2O+. The molecule has 140 valence electrons. The second-order valence-corrected chi connectivity index (χ2v) is 10.1. The van der Waals surface area contributed by atoms with Gasteiger partial charge in [0.25, 0.3) is 0 Å². The van der Waals surface area contributed by atoms with Crippen LogP contribution in [-0.4, -0.2) is 44.0 Å². The first-order valence-electron chi connectivity index (χ1n) is 10.7. The van der Waals surface area contributed by atoms with Gasteiger partial charge in [0.15, 0.2) is 0 Å². The van der Waals surface area contributed by atoms with E-state index in [2.05, 4.69) is 42.3 Å². The van der Waals surface area contributed by atoms with Gasteiger partial charge in [-0.2, -0.15) is 0 Å². The van der Waals surface area contributed by atoms with Gasteiger partial charge in [-0.3, -0.25) is 4.79 Å². The summed E-state index contributed by atoms with van der Waals surface area (Å²) in [5.74, 6) is 2.14. The SMILES string of the molecule is C[NH+]1CCN(C(=O)CC23C[C@H]4C[C@@H](C2)CC(c2ccccc2)(C4)C3)CC1. The number of amides is 1. The molecule has 1 aromatic rings. The monoisotopic (exact) mass is 353 g/mol. The lowest BCUT2D eigenvalue weighted by atomic mass is 9.42. The highest BCUT2D eigenvalue weighted by Gasteiger charge is 2.58. The molecule has 1 saturated heterocycles. The first-order chi connectivity index (χ1) is 12.6. The number of rotatable bonds is 3. The number of nitrogens with zero attached hydrogens (tertiary/aromatic N) is 1. The molecule has 1 heterocycles. The van der Waals surface area contributed by atoms with Gasteiger partial charge in [-0.15, -0.1) is 0 Å². The predicted molar refractivity (Wildman–Crippen MR) is 103 cm³/mol. The third-order valence-corrected chi connectivity index (χ3v) is 8.06. The maximum absolute atomic E-state index is 13.1. The van der Waals surface area contributed by atoms with Crippen molar-refractivity contribution >= 4 is 5.91 Å². The highest BCUT2D eigenvalue weighted by atomic mass is 16.2. The second kappa shape index (κ2) is 6.09. The van der Waals surface area contributed by atoms with Crippen LogP contribution in [-0.2, 0) is 10.2 Å². The molecule has 0 radical (unpaired) electrons. The summed E-state index contributed by atoms with van der Waals surface area (Å²) in [6.07, 6.45) is 8.83. The zero-order valence-corrected chi connectivity index (χ0v) is 16.2. The van der Waals surface area contributed by atoms with Gasteiger partial charge in [-0.05, 0) is 66.8 Å². The number of piperazine rings is 1. The van der Waals surface area contributed by atoms with Crippen molar-refractivity contribution in [1.82, 2.24) is 4.90 Å². The Bertz CT molecular complexity index is 663. The number of nitrogens with one attached hydrogen (secondary N) is 1. The maximum Gasteiger partial charge on any atom is 0.223 e. The molecule has 26 heavy (non-hydrogen) atoms. The van der Waals surface area contributed by atoms with Crippen molar-refractivity contribution < 1.29 is 9.69 Å². The van der Waals surface area contributed by atoms with E-state index in [4.69, 9.17) is 0 Å². The van der Waals surface area contributed by atoms with Gasteiger partial charge in [0.05, 0.1) is 33.2 Å². The van der Waals surface area contributed by atoms with E-state index in [-0.39, 0.29) is 5.41 Å². The van der Waals surface area contributed by atoms with Crippen LogP contribution in [0.4, 0.5) is 0 Å². The molecule has 6 rings (SSSR count). The summed E-state index contributed by atoms with van der Waals surface area (Å²) in [5, 5.41) is 0. The van der Waals surface area contributed by atoms with Crippen LogP contribution in [0.2, 0.25) is 0 Å². The van der Waals surface area contributed by atoms with Crippen molar-refractivity contribution in [2.75, 3.05) is 33.2 Å². The average Bonchev–Trinajstić information content (AvgIpc) is 2.61. The molecular weight excluding hydrogens is 320 g/mol. The van der Waals surface area contributed by atoms with Gasteiger partial charge >= 0.3 is 0 Å². The zero-order chi connectivity index (χ0) is 17.8. The average molecular weight is 354 g/mol. The Morgan fingerprint density at radius 3 is 2.38 bits per heavy atom. The number of carbonyl (C=O) groups is 1. The van der Waals surface area contributed by atoms with Crippen LogP contribution >= 0.6 is 0 Å². The topological polar surface area (TPSA) is 24.8 Å². The summed E-state index contributed by atoms with van der Waals surface area (Å²) in [6.45, 7) is 4.13. The van der Waals surface area contributed by atoms with E-state index in [0.717, 1.165) is 44.4 Å². The lowest BCUT2D eigenvalue weighted by molar-refractivity contribution is -0.883. The van der Waals surface area contributed by atoms with Crippen LogP contribution in [0.15, 0.2) is 30.3 Å². The van der Waals surface area contributed by atoms with Crippen molar-refractivity contribution in [1.29, 1.82) is 0 Å². The summed E-state index contributed by atoms with van der Waals surface area (Å²) in [6, 6.07) is 11.3. The minimum atomic E-state index is 0.285. The van der Waals surface area contributed by atoms with Crippen molar-refractivity contribution in [3.63, 3.8) is 0 Å². The normalized spacial score (nSPS) is 39.3. The largest absolute Gasteiger partial charge is 0.334 e. The fraction of sp³-hybridized carbons (Fsp3) is 0.696. The Labute approximate surface area is 157 Å². The van der Waals surface area contributed by atoms with Crippen LogP contribution < -0.4 is 4.90 Å². The van der Waals surface area contributed by atoms with Gasteiger partial charge in [0.1, 0.15) is 0 Å². The number of carbonyl (C=O) groups excluding carboxylic acids is 1. The Morgan fingerprint density at radius 2 is 1.73 bits per heavy atom. The van der Waals surface area contributed by atoms with Crippen LogP contribution in [0, 0.1) is 17.3 Å². The van der Waals surface area contributed by atoms with Crippen molar-refractivity contribution in [2.24, 2.45) is 17.3 Å².